The van der Waals surface area contributed by atoms with Crippen LogP contribution in [-0.2, 0) is 14.8 Å². The maximum atomic E-state index is 12.9. The highest BCUT2D eigenvalue weighted by atomic mass is 32.2. The van der Waals surface area contributed by atoms with Crippen LogP contribution < -0.4 is 5.32 Å². The lowest BCUT2D eigenvalue weighted by molar-refractivity contribution is -0.119. The summed E-state index contributed by atoms with van der Waals surface area (Å²) in [7, 11) is -3.67. The predicted molar refractivity (Wildman–Crippen MR) is 133 cm³/mol. The van der Waals surface area contributed by atoms with Crippen molar-refractivity contribution in [3.63, 3.8) is 0 Å². The number of sulfonamides is 1. The van der Waals surface area contributed by atoms with E-state index in [0.29, 0.717) is 24.5 Å². The van der Waals surface area contributed by atoms with Gasteiger partial charge in [-0.3, -0.25) is 4.79 Å². The summed E-state index contributed by atoms with van der Waals surface area (Å²) < 4.78 is 27.4. The number of nitrogens with zero attached hydrogens (tertiary/aromatic N) is 2. The Hall–Kier alpha value is -2.85. The number of rotatable bonds is 6. The van der Waals surface area contributed by atoms with Gasteiger partial charge in [0.1, 0.15) is 10.3 Å². The van der Waals surface area contributed by atoms with Crippen LogP contribution in [0.1, 0.15) is 12.8 Å². The molecule has 1 unspecified atom stereocenters. The van der Waals surface area contributed by atoms with Gasteiger partial charge in [-0.15, -0.1) is 22.7 Å². The zero-order valence-corrected chi connectivity index (χ0v) is 20.0. The lowest BCUT2D eigenvalue weighted by Crippen LogP contribution is -2.42. The van der Waals surface area contributed by atoms with E-state index >= 15 is 0 Å². The average molecular weight is 496 g/mol. The summed E-state index contributed by atoms with van der Waals surface area (Å²) in [6.07, 6.45) is 1.15. The molecule has 0 saturated carbocycles. The molecule has 2 aromatic carbocycles. The van der Waals surface area contributed by atoms with Crippen molar-refractivity contribution >= 4 is 43.7 Å². The summed E-state index contributed by atoms with van der Waals surface area (Å²) in [5.74, 6) is -0.340. The molecule has 5 rings (SSSR count). The van der Waals surface area contributed by atoms with Gasteiger partial charge in [-0.2, -0.15) is 4.31 Å². The monoisotopic (exact) mass is 495 g/mol. The van der Waals surface area contributed by atoms with E-state index in [4.69, 9.17) is 0 Å². The van der Waals surface area contributed by atoms with E-state index < -0.39 is 16.1 Å². The number of carbonyl (C=O) groups excluding carboxylic acids is 1. The van der Waals surface area contributed by atoms with Crippen molar-refractivity contribution in [2.45, 2.75) is 23.1 Å². The maximum Gasteiger partial charge on any atom is 0.253 e. The first-order valence-electron chi connectivity index (χ1n) is 10.5. The molecular formula is C24H21N3O3S3. The number of nitrogens with one attached hydrogen (secondary N) is 1. The first-order valence-corrected chi connectivity index (χ1v) is 13.7. The Balaban J connectivity index is 1.29. The minimum Gasteiger partial charge on any atom is -0.301 e. The summed E-state index contributed by atoms with van der Waals surface area (Å²) in [6, 6.07) is 20.8. The second kappa shape index (κ2) is 9.18. The number of anilines is 1. The van der Waals surface area contributed by atoms with Gasteiger partial charge in [-0.1, -0.05) is 60.7 Å². The largest absolute Gasteiger partial charge is 0.301 e. The van der Waals surface area contributed by atoms with Gasteiger partial charge in [0, 0.05) is 17.5 Å². The molecule has 1 aliphatic heterocycles. The van der Waals surface area contributed by atoms with Gasteiger partial charge in [-0.25, -0.2) is 13.4 Å². The Kier molecular flexibility index (Phi) is 6.11. The molecule has 1 saturated heterocycles. The van der Waals surface area contributed by atoms with Crippen LogP contribution in [0, 0.1) is 0 Å². The molecule has 6 nitrogen and oxygen atoms in total. The van der Waals surface area contributed by atoms with Crippen LogP contribution in [0.5, 0.6) is 0 Å². The molecule has 0 spiro atoms. The summed E-state index contributed by atoms with van der Waals surface area (Å²) in [5, 5.41) is 6.90. The highest BCUT2D eigenvalue weighted by Gasteiger charge is 2.40. The van der Waals surface area contributed by atoms with Crippen molar-refractivity contribution in [3.8, 4) is 22.4 Å². The summed E-state index contributed by atoms with van der Waals surface area (Å²) >= 11 is 2.49. The molecule has 1 atom stereocenters. The normalized spacial score (nSPS) is 16.7. The molecule has 4 aromatic rings. The fourth-order valence-electron chi connectivity index (χ4n) is 3.93. The Morgan fingerprint density at radius 3 is 2.39 bits per heavy atom. The SMILES string of the molecule is O=C(Nc1nc(-c2ccc(-c3ccccc3)cc2)cs1)C1CCCN1S(=O)(=O)c1cccs1. The number of benzene rings is 2. The number of thiophene rings is 1. The smallest absolute Gasteiger partial charge is 0.253 e. The van der Waals surface area contributed by atoms with Gasteiger partial charge in [0.25, 0.3) is 10.0 Å². The van der Waals surface area contributed by atoms with E-state index in [1.807, 2.05) is 47.8 Å². The highest BCUT2D eigenvalue weighted by Crippen LogP contribution is 2.31. The number of hydrogen-bond donors (Lipinski definition) is 1. The molecule has 0 radical (unpaired) electrons. The van der Waals surface area contributed by atoms with Crippen molar-refractivity contribution in [1.29, 1.82) is 0 Å². The van der Waals surface area contributed by atoms with E-state index in [9.17, 15) is 13.2 Å². The van der Waals surface area contributed by atoms with Crippen LogP contribution in [0.3, 0.4) is 0 Å². The van der Waals surface area contributed by atoms with Crippen LogP contribution in [0.2, 0.25) is 0 Å². The first-order chi connectivity index (χ1) is 16.0. The lowest BCUT2D eigenvalue weighted by Gasteiger charge is -2.22. The highest BCUT2D eigenvalue weighted by molar-refractivity contribution is 7.91. The second-order valence-electron chi connectivity index (χ2n) is 7.68. The van der Waals surface area contributed by atoms with Gasteiger partial charge in [-0.05, 0) is 35.4 Å². The van der Waals surface area contributed by atoms with Crippen LogP contribution in [0.15, 0.2) is 81.7 Å². The quantitative estimate of drug-likeness (QED) is 0.392. The molecule has 9 heteroatoms. The van der Waals surface area contributed by atoms with Crippen LogP contribution >= 0.6 is 22.7 Å². The third kappa shape index (κ3) is 4.49. The average Bonchev–Trinajstić information content (AvgIpc) is 3.62. The fraction of sp³-hybridized carbons (Fsp3) is 0.167. The number of amides is 1. The van der Waals surface area contributed by atoms with Crippen molar-refractivity contribution in [1.82, 2.24) is 9.29 Å². The van der Waals surface area contributed by atoms with Gasteiger partial charge in [0.15, 0.2) is 5.13 Å². The Labute approximate surface area is 200 Å². The third-order valence-corrected chi connectivity index (χ3v) is 9.63. The van der Waals surface area contributed by atoms with Crippen molar-refractivity contribution in [2.24, 2.45) is 0 Å². The Morgan fingerprint density at radius 1 is 0.939 bits per heavy atom. The molecule has 33 heavy (non-hydrogen) atoms. The Bertz CT molecular complexity index is 1350. The van der Waals surface area contributed by atoms with E-state index in [1.54, 1.807) is 17.5 Å². The standard InChI is InChI=1S/C24H21N3O3S3/c28-23(21-8-4-14-27(21)33(29,30)22-9-5-15-31-22)26-24-25-20(16-32-24)19-12-10-18(11-13-19)17-6-2-1-3-7-17/h1-3,5-7,9-13,15-16,21H,4,8,14H2,(H,25,26,28). The molecule has 0 bridgehead atoms. The first kappa shape index (κ1) is 22.0. The summed E-state index contributed by atoms with van der Waals surface area (Å²) in [6.45, 7) is 0.342. The minimum atomic E-state index is -3.67. The molecule has 3 heterocycles. The lowest BCUT2D eigenvalue weighted by atomic mass is 10.0. The molecule has 1 amide bonds. The zero-order valence-electron chi connectivity index (χ0n) is 17.5. The molecule has 1 fully saturated rings. The van der Waals surface area contributed by atoms with Crippen molar-refractivity contribution < 1.29 is 13.2 Å². The van der Waals surface area contributed by atoms with Gasteiger partial charge >= 0.3 is 0 Å². The minimum absolute atomic E-state index is 0.262. The molecule has 1 N–H and O–H groups in total. The molecular weight excluding hydrogens is 474 g/mol. The van der Waals surface area contributed by atoms with Gasteiger partial charge in [0.05, 0.1) is 5.69 Å². The molecule has 0 aliphatic carbocycles. The molecule has 2 aromatic heterocycles. The third-order valence-electron chi connectivity index (χ3n) is 5.59. The summed E-state index contributed by atoms with van der Waals surface area (Å²) in [4.78, 5) is 17.5. The van der Waals surface area contributed by atoms with Crippen molar-refractivity contribution in [2.75, 3.05) is 11.9 Å². The zero-order chi connectivity index (χ0) is 22.8. The predicted octanol–water partition coefficient (Wildman–Crippen LogP) is 5.33. The number of carbonyl (C=O) groups is 1. The van der Waals surface area contributed by atoms with Crippen LogP contribution in [0.25, 0.3) is 22.4 Å². The number of hydrogen-bond acceptors (Lipinski definition) is 6. The Morgan fingerprint density at radius 2 is 1.67 bits per heavy atom. The number of aromatic nitrogens is 1. The van der Waals surface area contributed by atoms with Crippen LogP contribution in [-0.4, -0.2) is 36.2 Å². The van der Waals surface area contributed by atoms with Crippen molar-refractivity contribution in [3.05, 3.63) is 77.5 Å². The maximum absolute atomic E-state index is 12.9. The fourth-order valence-corrected chi connectivity index (χ4v) is 7.43. The topological polar surface area (TPSA) is 79.4 Å². The molecule has 168 valence electrons. The van der Waals surface area contributed by atoms with Gasteiger partial charge < -0.3 is 5.32 Å². The second-order valence-corrected chi connectivity index (χ2v) is 11.6. The van der Waals surface area contributed by atoms with Crippen LogP contribution in [0.4, 0.5) is 5.13 Å². The molecule has 1 aliphatic rings. The summed E-state index contributed by atoms with van der Waals surface area (Å²) in [5.41, 5.74) is 3.99. The van der Waals surface area contributed by atoms with E-state index in [2.05, 4.69) is 22.4 Å². The van der Waals surface area contributed by atoms with E-state index in [1.165, 1.54) is 15.6 Å². The van der Waals surface area contributed by atoms with E-state index in [-0.39, 0.29) is 10.1 Å². The number of thiazole rings is 1. The van der Waals surface area contributed by atoms with E-state index in [0.717, 1.165) is 33.7 Å². The van der Waals surface area contributed by atoms with Gasteiger partial charge in [0.2, 0.25) is 5.91 Å².